The van der Waals surface area contributed by atoms with Gasteiger partial charge >= 0.3 is 0 Å². The smallest absolute Gasteiger partial charge is 0.0602 e. The molecule has 1 aliphatic rings. The molecule has 0 aliphatic carbocycles. The maximum Gasteiger partial charge on any atom is 0.0602 e. The highest BCUT2D eigenvalue weighted by molar-refractivity contribution is 5.02. The fourth-order valence-corrected chi connectivity index (χ4v) is 1.11. The van der Waals surface area contributed by atoms with Gasteiger partial charge in [0.2, 0.25) is 0 Å². The average Bonchev–Trinajstić information content (AvgIpc) is 2.07. The minimum Gasteiger partial charge on any atom is -0.320 e. The zero-order valence-electron chi connectivity index (χ0n) is 6.77. The van der Waals surface area contributed by atoms with Crippen LogP contribution in [0.5, 0.6) is 0 Å². The second-order valence-corrected chi connectivity index (χ2v) is 2.58. The third-order valence-electron chi connectivity index (χ3n) is 1.74. The van der Waals surface area contributed by atoms with E-state index in [1.165, 1.54) is 0 Å². The average molecular weight is 153 g/mol. The van der Waals surface area contributed by atoms with Crippen molar-refractivity contribution in [2.24, 2.45) is 5.73 Å². The summed E-state index contributed by atoms with van der Waals surface area (Å²) in [5, 5.41) is 3.29. The van der Waals surface area contributed by atoms with Crippen LogP contribution in [0.2, 0.25) is 0 Å². The van der Waals surface area contributed by atoms with Gasteiger partial charge in [0, 0.05) is 26.2 Å². The molecule has 0 spiro atoms. The summed E-state index contributed by atoms with van der Waals surface area (Å²) < 4.78 is 0. The van der Waals surface area contributed by atoms with Crippen molar-refractivity contribution >= 4 is 0 Å². The summed E-state index contributed by atoms with van der Waals surface area (Å²) in [7, 11) is 0. The van der Waals surface area contributed by atoms with Crippen LogP contribution >= 0.6 is 0 Å². The molecule has 62 valence electrons. The Kier molecular flexibility index (Phi) is 3.99. The molecule has 0 bridgehead atoms. The third-order valence-corrected chi connectivity index (χ3v) is 1.74. The molecule has 0 aromatic rings. The highest BCUT2D eigenvalue weighted by Gasteiger charge is 2.06. The van der Waals surface area contributed by atoms with Gasteiger partial charge in [-0.2, -0.15) is 0 Å². The molecule has 1 fully saturated rings. The van der Waals surface area contributed by atoms with Crippen LogP contribution in [0.4, 0.5) is 0 Å². The minimum atomic E-state index is 0.478. The highest BCUT2D eigenvalue weighted by atomic mass is 15.2. The van der Waals surface area contributed by atoms with Crippen LogP contribution in [0.15, 0.2) is 0 Å². The van der Waals surface area contributed by atoms with E-state index in [1.54, 1.807) is 0 Å². The SMILES string of the molecule is NCC#CCN1CCNCC1. The fraction of sp³-hybridized carbons (Fsp3) is 0.750. The predicted octanol–water partition coefficient (Wildman–Crippen LogP) is -1.15. The first-order valence-electron chi connectivity index (χ1n) is 4.02. The van der Waals surface area contributed by atoms with Crippen LogP contribution in [0.1, 0.15) is 0 Å². The lowest BCUT2D eigenvalue weighted by Crippen LogP contribution is -2.43. The molecular formula is C8H15N3. The standard InChI is InChI=1S/C8H15N3/c9-3-1-2-6-11-7-4-10-5-8-11/h10H,3-9H2. The number of hydrogen-bond donors (Lipinski definition) is 2. The van der Waals surface area contributed by atoms with Gasteiger partial charge in [0.15, 0.2) is 0 Å². The Bertz CT molecular complexity index is 150. The molecule has 11 heavy (non-hydrogen) atoms. The quantitative estimate of drug-likeness (QED) is 0.468. The van der Waals surface area contributed by atoms with Crippen molar-refractivity contribution in [2.45, 2.75) is 0 Å². The first-order valence-corrected chi connectivity index (χ1v) is 4.02. The van der Waals surface area contributed by atoms with Crippen LogP contribution in [0, 0.1) is 11.8 Å². The molecule has 0 amide bonds. The van der Waals surface area contributed by atoms with E-state index in [9.17, 15) is 0 Å². The molecule has 0 radical (unpaired) electrons. The topological polar surface area (TPSA) is 41.3 Å². The summed E-state index contributed by atoms with van der Waals surface area (Å²) in [5.41, 5.74) is 5.24. The summed E-state index contributed by atoms with van der Waals surface area (Å²) in [6, 6.07) is 0. The number of piperazine rings is 1. The number of hydrogen-bond acceptors (Lipinski definition) is 3. The predicted molar refractivity (Wildman–Crippen MR) is 46.1 cm³/mol. The van der Waals surface area contributed by atoms with Crippen LogP contribution in [-0.2, 0) is 0 Å². The molecule has 1 saturated heterocycles. The number of nitrogens with one attached hydrogen (secondary N) is 1. The number of nitrogens with zero attached hydrogens (tertiary/aromatic N) is 1. The summed E-state index contributed by atoms with van der Waals surface area (Å²) in [5.74, 6) is 5.89. The summed E-state index contributed by atoms with van der Waals surface area (Å²) in [4.78, 5) is 2.33. The monoisotopic (exact) mass is 153 g/mol. The van der Waals surface area contributed by atoms with E-state index in [4.69, 9.17) is 5.73 Å². The van der Waals surface area contributed by atoms with E-state index in [1.807, 2.05) is 0 Å². The Morgan fingerprint density at radius 3 is 2.64 bits per heavy atom. The van der Waals surface area contributed by atoms with Gasteiger partial charge in [-0.3, -0.25) is 4.90 Å². The van der Waals surface area contributed by atoms with Gasteiger partial charge in [0.1, 0.15) is 0 Å². The molecule has 0 aromatic heterocycles. The molecule has 0 unspecified atom stereocenters. The van der Waals surface area contributed by atoms with Crippen LogP contribution in [0.3, 0.4) is 0 Å². The van der Waals surface area contributed by atoms with Crippen molar-refractivity contribution in [2.75, 3.05) is 39.3 Å². The van der Waals surface area contributed by atoms with E-state index in [0.29, 0.717) is 6.54 Å². The van der Waals surface area contributed by atoms with Gasteiger partial charge in [-0.25, -0.2) is 0 Å². The molecule has 3 nitrogen and oxygen atoms in total. The van der Waals surface area contributed by atoms with E-state index in [-0.39, 0.29) is 0 Å². The molecular weight excluding hydrogens is 138 g/mol. The third kappa shape index (κ3) is 3.38. The normalized spacial score (nSPS) is 19.0. The molecule has 1 heterocycles. The molecule has 3 heteroatoms. The summed E-state index contributed by atoms with van der Waals surface area (Å²) in [6.07, 6.45) is 0. The van der Waals surface area contributed by atoms with Crippen molar-refractivity contribution in [3.05, 3.63) is 0 Å². The van der Waals surface area contributed by atoms with E-state index < -0.39 is 0 Å². The van der Waals surface area contributed by atoms with Gasteiger partial charge in [-0.15, -0.1) is 0 Å². The maximum atomic E-state index is 5.24. The van der Waals surface area contributed by atoms with Crippen LogP contribution < -0.4 is 11.1 Å². The lowest BCUT2D eigenvalue weighted by molar-refractivity contribution is 0.268. The van der Waals surface area contributed by atoms with Crippen molar-refractivity contribution in [1.29, 1.82) is 0 Å². The zero-order valence-corrected chi connectivity index (χ0v) is 6.77. The Labute approximate surface area is 67.9 Å². The van der Waals surface area contributed by atoms with Gasteiger partial charge in [0.05, 0.1) is 13.1 Å². The van der Waals surface area contributed by atoms with Gasteiger partial charge in [-0.1, -0.05) is 11.8 Å². The van der Waals surface area contributed by atoms with Crippen molar-refractivity contribution in [3.63, 3.8) is 0 Å². The molecule has 0 atom stereocenters. The summed E-state index contributed by atoms with van der Waals surface area (Å²) in [6.45, 7) is 5.75. The largest absolute Gasteiger partial charge is 0.320 e. The highest BCUT2D eigenvalue weighted by Crippen LogP contribution is 1.88. The molecule has 1 rings (SSSR count). The van der Waals surface area contributed by atoms with Gasteiger partial charge in [0.25, 0.3) is 0 Å². The molecule has 1 aliphatic heterocycles. The van der Waals surface area contributed by atoms with E-state index >= 15 is 0 Å². The van der Waals surface area contributed by atoms with Crippen LogP contribution in [-0.4, -0.2) is 44.2 Å². The van der Waals surface area contributed by atoms with Crippen molar-refractivity contribution in [1.82, 2.24) is 10.2 Å². The Morgan fingerprint density at radius 2 is 2.00 bits per heavy atom. The summed E-state index contributed by atoms with van der Waals surface area (Å²) >= 11 is 0. The number of nitrogens with two attached hydrogens (primary N) is 1. The minimum absolute atomic E-state index is 0.478. The Hall–Kier alpha value is -0.560. The second kappa shape index (κ2) is 5.14. The molecule has 0 saturated carbocycles. The van der Waals surface area contributed by atoms with E-state index in [2.05, 4.69) is 22.1 Å². The lowest BCUT2D eigenvalue weighted by atomic mass is 10.3. The second-order valence-electron chi connectivity index (χ2n) is 2.58. The maximum absolute atomic E-state index is 5.24. The van der Waals surface area contributed by atoms with Crippen molar-refractivity contribution in [3.8, 4) is 11.8 Å². The van der Waals surface area contributed by atoms with Crippen LogP contribution in [0.25, 0.3) is 0 Å². The molecule has 3 N–H and O–H groups in total. The lowest BCUT2D eigenvalue weighted by Gasteiger charge is -2.24. The van der Waals surface area contributed by atoms with Gasteiger partial charge in [-0.05, 0) is 0 Å². The zero-order chi connectivity index (χ0) is 7.94. The Morgan fingerprint density at radius 1 is 1.27 bits per heavy atom. The van der Waals surface area contributed by atoms with Crippen molar-refractivity contribution < 1.29 is 0 Å². The first kappa shape index (κ1) is 8.54. The fourth-order valence-electron chi connectivity index (χ4n) is 1.11. The first-order chi connectivity index (χ1) is 5.43. The van der Waals surface area contributed by atoms with Gasteiger partial charge < -0.3 is 11.1 Å². The Balaban J connectivity index is 2.14. The van der Waals surface area contributed by atoms with E-state index in [0.717, 1.165) is 32.7 Å². The number of rotatable bonds is 1. The molecule has 0 aromatic carbocycles.